The van der Waals surface area contributed by atoms with Crippen molar-refractivity contribution in [2.45, 2.75) is 13.1 Å². The third-order valence-corrected chi connectivity index (χ3v) is 5.75. The maximum atomic E-state index is 13.4. The van der Waals surface area contributed by atoms with Gasteiger partial charge in [-0.1, -0.05) is 42.5 Å². The predicted octanol–water partition coefficient (Wildman–Crippen LogP) is 4.25. The number of benzene rings is 2. The Hall–Kier alpha value is -4.76. The van der Waals surface area contributed by atoms with Crippen LogP contribution < -0.4 is 10.6 Å². The normalized spacial score (nSPS) is 10.9. The van der Waals surface area contributed by atoms with Crippen LogP contribution in [0.4, 0.5) is 5.69 Å². The second-order valence-electron chi connectivity index (χ2n) is 8.40. The van der Waals surface area contributed by atoms with Gasteiger partial charge in [-0.3, -0.25) is 9.59 Å². The Balaban J connectivity index is 1.43. The highest BCUT2D eigenvalue weighted by atomic mass is 16.5. The largest absolute Gasteiger partial charge is 0.467 e. The smallest absolute Gasteiger partial charge is 0.252 e. The van der Waals surface area contributed by atoms with Crippen molar-refractivity contribution in [3.8, 4) is 11.3 Å². The van der Waals surface area contributed by atoms with Crippen LogP contribution in [0.2, 0.25) is 0 Å². The van der Waals surface area contributed by atoms with E-state index in [1.54, 1.807) is 29.3 Å². The molecule has 0 aliphatic carbocycles. The summed E-state index contributed by atoms with van der Waals surface area (Å²) in [7, 11) is 1.46. The van der Waals surface area contributed by atoms with E-state index in [-0.39, 0.29) is 25.0 Å². The monoisotopic (exact) mass is 495 g/mol. The summed E-state index contributed by atoms with van der Waals surface area (Å²) in [5.41, 5.74) is 4.09. The lowest BCUT2D eigenvalue weighted by atomic mass is 10.1. The molecule has 0 saturated heterocycles. The number of hydrogen-bond donors (Lipinski definition) is 2. The first-order valence-electron chi connectivity index (χ1n) is 11.7. The number of ether oxygens (including phenoxy) is 1. The summed E-state index contributed by atoms with van der Waals surface area (Å²) in [4.78, 5) is 30.1. The summed E-state index contributed by atoms with van der Waals surface area (Å²) < 4.78 is 12.1. The number of anilines is 1. The first-order chi connectivity index (χ1) is 18.1. The molecule has 0 fully saturated rings. The van der Waals surface area contributed by atoms with Crippen LogP contribution in [0.3, 0.4) is 0 Å². The lowest BCUT2D eigenvalue weighted by Gasteiger charge is -2.11. The first kappa shape index (κ1) is 24.0. The quantitative estimate of drug-likeness (QED) is 0.316. The van der Waals surface area contributed by atoms with E-state index in [4.69, 9.17) is 14.1 Å². The molecule has 186 valence electrons. The number of furan rings is 1. The van der Waals surface area contributed by atoms with E-state index in [0.717, 1.165) is 16.9 Å². The standard InChI is InChI=1S/C28H25N5O4/c1-36-18-26(34)31-21-10-5-7-19(13-21)15-29-28(35)23-14-25(20-8-3-2-4-9-20)32-27-24(23)16-30-33(27)17-22-11-6-12-37-22/h2-14,16H,15,17-18H2,1H3,(H,29,35)(H,31,34). The van der Waals surface area contributed by atoms with E-state index in [1.165, 1.54) is 7.11 Å². The molecule has 0 atom stereocenters. The molecule has 5 rings (SSSR count). The lowest BCUT2D eigenvalue weighted by Crippen LogP contribution is -2.23. The van der Waals surface area contributed by atoms with Gasteiger partial charge in [-0.05, 0) is 35.9 Å². The lowest BCUT2D eigenvalue weighted by molar-refractivity contribution is -0.119. The fourth-order valence-corrected chi connectivity index (χ4v) is 4.02. The van der Waals surface area contributed by atoms with Crippen LogP contribution >= 0.6 is 0 Å². The van der Waals surface area contributed by atoms with Crippen molar-refractivity contribution in [3.63, 3.8) is 0 Å². The highest BCUT2D eigenvalue weighted by Crippen LogP contribution is 2.25. The van der Waals surface area contributed by atoms with E-state index in [0.29, 0.717) is 34.5 Å². The van der Waals surface area contributed by atoms with Gasteiger partial charge in [-0.15, -0.1) is 0 Å². The maximum Gasteiger partial charge on any atom is 0.252 e. The van der Waals surface area contributed by atoms with E-state index < -0.39 is 0 Å². The van der Waals surface area contributed by atoms with Gasteiger partial charge in [0.1, 0.15) is 18.9 Å². The number of rotatable bonds is 9. The van der Waals surface area contributed by atoms with Crippen molar-refractivity contribution in [3.05, 3.63) is 102 Å². The fourth-order valence-electron chi connectivity index (χ4n) is 4.02. The summed E-state index contributed by atoms with van der Waals surface area (Å²) in [5, 5.41) is 10.9. The maximum absolute atomic E-state index is 13.4. The number of nitrogens with zero attached hydrogens (tertiary/aromatic N) is 3. The zero-order chi connectivity index (χ0) is 25.6. The molecule has 0 saturated carbocycles. The highest BCUT2D eigenvalue weighted by molar-refractivity contribution is 6.06. The Labute approximate surface area is 213 Å². The summed E-state index contributed by atoms with van der Waals surface area (Å²) in [6.45, 7) is 0.637. The average Bonchev–Trinajstić information content (AvgIpc) is 3.58. The Morgan fingerprint density at radius 1 is 1.03 bits per heavy atom. The van der Waals surface area contributed by atoms with Gasteiger partial charge < -0.3 is 19.8 Å². The number of hydrogen-bond acceptors (Lipinski definition) is 6. The molecule has 0 radical (unpaired) electrons. The van der Waals surface area contributed by atoms with E-state index in [2.05, 4.69) is 15.7 Å². The molecular weight excluding hydrogens is 470 g/mol. The highest BCUT2D eigenvalue weighted by Gasteiger charge is 2.18. The molecule has 5 aromatic rings. The topological polar surface area (TPSA) is 111 Å². The number of carbonyl (C=O) groups excluding carboxylic acids is 2. The van der Waals surface area contributed by atoms with Gasteiger partial charge in [-0.25, -0.2) is 9.67 Å². The number of carbonyl (C=O) groups is 2. The van der Waals surface area contributed by atoms with Crippen LogP contribution in [0, 0.1) is 0 Å². The second kappa shape index (κ2) is 10.9. The minimum atomic E-state index is -0.254. The van der Waals surface area contributed by atoms with Crippen LogP contribution in [-0.4, -0.2) is 40.3 Å². The van der Waals surface area contributed by atoms with E-state index in [1.807, 2.05) is 60.7 Å². The Morgan fingerprint density at radius 3 is 2.68 bits per heavy atom. The Bertz CT molecular complexity index is 1530. The van der Waals surface area contributed by atoms with Gasteiger partial charge in [0.05, 0.1) is 29.1 Å². The molecular formula is C28H25N5O4. The van der Waals surface area contributed by atoms with Crippen molar-refractivity contribution in [1.29, 1.82) is 0 Å². The molecule has 9 heteroatoms. The zero-order valence-electron chi connectivity index (χ0n) is 20.2. The number of aromatic nitrogens is 3. The minimum absolute atomic E-state index is 0.0314. The SMILES string of the molecule is COCC(=O)Nc1cccc(CNC(=O)c2cc(-c3ccccc3)nc3c2cnn3Cc2ccco2)c1. The molecule has 0 unspecified atom stereocenters. The second-order valence-corrected chi connectivity index (χ2v) is 8.40. The van der Waals surface area contributed by atoms with Gasteiger partial charge in [0.2, 0.25) is 5.91 Å². The Morgan fingerprint density at radius 2 is 1.89 bits per heavy atom. The number of amides is 2. The van der Waals surface area contributed by atoms with E-state index in [9.17, 15) is 9.59 Å². The molecule has 0 aliphatic rings. The summed E-state index contributed by atoms with van der Waals surface area (Å²) in [5.74, 6) is 0.235. The molecule has 2 N–H and O–H groups in total. The third kappa shape index (κ3) is 5.57. The molecule has 3 aromatic heterocycles. The van der Waals surface area contributed by atoms with Gasteiger partial charge in [0.25, 0.3) is 5.91 Å². The van der Waals surface area contributed by atoms with Crippen LogP contribution in [0.1, 0.15) is 21.7 Å². The molecule has 0 bridgehead atoms. The van der Waals surface area contributed by atoms with E-state index >= 15 is 0 Å². The van der Waals surface area contributed by atoms with Crippen molar-refractivity contribution in [2.24, 2.45) is 0 Å². The number of pyridine rings is 1. The van der Waals surface area contributed by atoms with Gasteiger partial charge >= 0.3 is 0 Å². The van der Waals surface area contributed by atoms with Gasteiger partial charge in [0, 0.05) is 24.9 Å². The number of nitrogens with one attached hydrogen (secondary N) is 2. The Kier molecular flexibility index (Phi) is 7.05. The van der Waals surface area contributed by atoms with Crippen LogP contribution in [0.5, 0.6) is 0 Å². The zero-order valence-corrected chi connectivity index (χ0v) is 20.2. The number of methoxy groups -OCH3 is 1. The molecule has 2 amide bonds. The van der Waals surface area contributed by atoms with Crippen molar-refractivity contribution in [2.75, 3.05) is 19.0 Å². The van der Waals surface area contributed by atoms with Crippen LogP contribution in [0.25, 0.3) is 22.3 Å². The van der Waals surface area contributed by atoms with Crippen LogP contribution in [-0.2, 0) is 22.6 Å². The van der Waals surface area contributed by atoms with Crippen molar-refractivity contribution in [1.82, 2.24) is 20.1 Å². The van der Waals surface area contributed by atoms with Gasteiger partial charge in [0.15, 0.2) is 5.65 Å². The summed E-state index contributed by atoms with van der Waals surface area (Å²) >= 11 is 0. The molecule has 0 aliphatic heterocycles. The molecule has 2 aromatic carbocycles. The van der Waals surface area contributed by atoms with Crippen LogP contribution in [0.15, 0.2) is 89.7 Å². The average molecular weight is 496 g/mol. The third-order valence-electron chi connectivity index (χ3n) is 5.75. The van der Waals surface area contributed by atoms with Crippen molar-refractivity contribution >= 4 is 28.5 Å². The summed E-state index contributed by atoms with van der Waals surface area (Å²) in [6.07, 6.45) is 3.27. The fraction of sp³-hybridized carbons (Fsp3) is 0.143. The first-order valence-corrected chi connectivity index (χ1v) is 11.7. The molecule has 3 heterocycles. The minimum Gasteiger partial charge on any atom is -0.467 e. The summed E-state index contributed by atoms with van der Waals surface area (Å²) in [6, 6.07) is 22.5. The molecule has 37 heavy (non-hydrogen) atoms. The molecule has 9 nitrogen and oxygen atoms in total. The van der Waals surface area contributed by atoms with Gasteiger partial charge in [-0.2, -0.15) is 5.10 Å². The molecule has 0 spiro atoms. The predicted molar refractivity (Wildman–Crippen MR) is 139 cm³/mol. The van der Waals surface area contributed by atoms with Crippen molar-refractivity contribution < 1.29 is 18.7 Å². The number of fused-ring (bicyclic) bond motifs is 1.